The van der Waals surface area contributed by atoms with E-state index >= 15 is 0 Å². The number of ether oxygens (including phenoxy) is 1. The normalized spacial score (nSPS) is 13.3. The third-order valence-electron chi connectivity index (χ3n) is 3.70. The molecular weight excluding hydrogens is 316 g/mol. The Bertz CT molecular complexity index is 748. The molecule has 6 heteroatoms. The van der Waals surface area contributed by atoms with E-state index < -0.39 is 5.97 Å². The molecule has 0 fully saturated rings. The quantitative estimate of drug-likeness (QED) is 0.641. The average molecular weight is 331 g/mol. The second-order valence-corrected chi connectivity index (χ2v) is 5.61. The van der Waals surface area contributed by atoms with Gasteiger partial charge in [-0.3, -0.25) is 4.79 Å². The lowest BCUT2D eigenvalue weighted by atomic mass is 10.0. The van der Waals surface area contributed by atoms with Gasteiger partial charge in [-0.15, -0.1) is 0 Å². The van der Waals surface area contributed by atoms with Crippen LogP contribution in [0.15, 0.2) is 42.6 Å². The van der Waals surface area contributed by atoms with Crippen LogP contribution in [0.1, 0.15) is 22.3 Å². The minimum atomic E-state index is -0.590. The van der Waals surface area contributed by atoms with Gasteiger partial charge in [0.2, 0.25) is 0 Å². The summed E-state index contributed by atoms with van der Waals surface area (Å²) < 4.78 is 5.10. The molecule has 3 rings (SSSR count). The molecule has 1 amide bonds. The summed E-state index contributed by atoms with van der Waals surface area (Å²) in [6, 6.07) is 10.7. The lowest BCUT2D eigenvalue weighted by molar-refractivity contribution is -0.121. The van der Waals surface area contributed by atoms with E-state index in [4.69, 9.17) is 16.3 Å². The van der Waals surface area contributed by atoms with Crippen LogP contribution in [0.3, 0.4) is 0 Å². The van der Waals surface area contributed by atoms with Gasteiger partial charge in [0.15, 0.2) is 6.61 Å². The number of amides is 1. The van der Waals surface area contributed by atoms with Crippen LogP contribution in [0.25, 0.3) is 0 Å². The summed E-state index contributed by atoms with van der Waals surface area (Å²) in [5, 5.41) is 0.204. The van der Waals surface area contributed by atoms with E-state index in [1.54, 1.807) is 4.90 Å². The third-order valence-corrected chi connectivity index (χ3v) is 3.91. The van der Waals surface area contributed by atoms with Gasteiger partial charge in [-0.05, 0) is 36.6 Å². The zero-order chi connectivity index (χ0) is 16.2. The first kappa shape index (κ1) is 15.5. The van der Waals surface area contributed by atoms with Gasteiger partial charge in [-0.2, -0.15) is 0 Å². The Labute approximate surface area is 138 Å². The molecule has 0 radical (unpaired) electrons. The van der Waals surface area contributed by atoms with Crippen LogP contribution in [0.4, 0.5) is 5.69 Å². The molecule has 0 spiro atoms. The van der Waals surface area contributed by atoms with Crippen LogP contribution < -0.4 is 4.90 Å². The van der Waals surface area contributed by atoms with Gasteiger partial charge in [0.05, 0.1) is 5.56 Å². The lowest BCUT2D eigenvalue weighted by Crippen LogP contribution is -2.38. The number of nitrogens with zero attached hydrogens (tertiary/aromatic N) is 2. The molecule has 0 saturated carbocycles. The number of aryl methyl sites for hydroxylation is 1. The van der Waals surface area contributed by atoms with E-state index in [2.05, 4.69) is 4.98 Å². The van der Waals surface area contributed by atoms with E-state index in [0.717, 1.165) is 24.1 Å². The highest BCUT2D eigenvalue weighted by atomic mass is 35.5. The van der Waals surface area contributed by atoms with Gasteiger partial charge in [0, 0.05) is 18.4 Å². The molecular formula is C17H15ClN2O3. The zero-order valence-corrected chi connectivity index (χ0v) is 13.1. The van der Waals surface area contributed by atoms with Crippen molar-refractivity contribution in [1.82, 2.24) is 4.98 Å². The first-order valence-electron chi connectivity index (χ1n) is 7.32. The molecule has 2 aromatic rings. The Kier molecular flexibility index (Phi) is 4.57. The van der Waals surface area contributed by atoms with Crippen molar-refractivity contribution in [3.05, 3.63) is 58.9 Å². The SMILES string of the molecule is O=C(OCC(=O)N1CCCc2ccccc21)c1ccnc(Cl)c1. The standard InChI is InChI=1S/C17H15ClN2O3/c18-15-10-13(7-8-19-15)17(22)23-11-16(21)20-9-3-5-12-4-1-2-6-14(12)20/h1-2,4,6-8,10H,3,5,9,11H2. The van der Waals surface area contributed by atoms with Gasteiger partial charge in [0.25, 0.3) is 5.91 Å². The Hall–Kier alpha value is -2.40. The molecule has 5 nitrogen and oxygen atoms in total. The highest BCUT2D eigenvalue weighted by molar-refractivity contribution is 6.29. The predicted octanol–water partition coefficient (Wildman–Crippen LogP) is 2.87. The van der Waals surface area contributed by atoms with Crippen LogP contribution in [0.2, 0.25) is 5.15 Å². The van der Waals surface area contributed by atoms with E-state index in [-0.39, 0.29) is 23.2 Å². The lowest BCUT2D eigenvalue weighted by Gasteiger charge is -2.29. The number of benzene rings is 1. The first-order chi connectivity index (χ1) is 11.1. The van der Waals surface area contributed by atoms with Crippen LogP contribution in [-0.2, 0) is 16.0 Å². The first-order valence-corrected chi connectivity index (χ1v) is 7.70. The number of rotatable bonds is 3. The van der Waals surface area contributed by atoms with Crippen molar-refractivity contribution in [3.63, 3.8) is 0 Å². The van der Waals surface area contributed by atoms with Gasteiger partial charge in [-0.25, -0.2) is 9.78 Å². The summed E-state index contributed by atoms with van der Waals surface area (Å²) in [6.07, 6.45) is 3.27. The van der Waals surface area contributed by atoms with E-state index in [1.807, 2.05) is 24.3 Å². The van der Waals surface area contributed by atoms with Crippen molar-refractivity contribution in [2.45, 2.75) is 12.8 Å². The van der Waals surface area contributed by atoms with Crippen LogP contribution in [0.5, 0.6) is 0 Å². The average Bonchev–Trinajstić information content (AvgIpc) is 2.59. The number of hydrogen-bond acceptors (Lipinski definition) is 4. The van der Waals surface area contributed by atoms with Crippen molar-refractivity contribution in [1.29, 1.82) is 0 Å². The molecule has 0 atom stereocenters. The number of halogens is 1. The zero-order valence-electron chi connectivity index (χ0n) is 12.4. The largest absolute Gasteiger partial charge is 0.452 e. The summed E-state index contributed by atoms with van der Waals surface area (Å²) in [7, 11) is 0. The van der Waals surface area contributed by atoms with Crippen molar-refractivity contribution < 1.29 is 14.3 Å². The Morgan fingerprint density at radius 2 is 2.09 bits per heavy atom. The maximum absolute atomic E-state index is 12.4. The third kappa shape index (κ3) is 3.51. The second-order valence-electron chi connectivity index (χ2n) is 5.22. The molecule has 23 heavy (non-hydrogen) atoms. The number of hydrogen-bond donors (Lipinski definition) is 0. The number of aromatic nitrogens is 1. The topological polar surface area (TPSA) is 59.5 Å². The molecule has 118 valence electrons. The van der Waals surface area contributed by atoms with Crippen LogP contribution in [0, 0.1) is 0 Å². The van der Waals surface area contributed by atoms with Gasteiger partial charge in [0.1, 0.15) is 5.15 Å². The maximum Gasteiger partial charge on any atom is 0.338 e. The van der Waals surface area contributed by atoms with Crippen LogP contribution in [-0.4, -0.2) is 30.0 Å². The fourth-order valence-electron chi connectivity index (χ4n) is 2.61. The molecule has 0 N–H and O–H groups in total. The number of carbonyl (C=O) groups is 2. The Morgan fingerprint density at radius 1 is 1.26 bits per heavy atom. The van der Waals surface area contributed by atoms with Gasteiger partial charge >= 0.3 is 5.97 Å². The predicted molar refractivity (Wildman–Crippen MR) is 86.6 cm³/mol. The van der Waals surface area contributed by atoms with Crippen molar-refractivity contribution in [2.24, 2.45) is 0 Å². The molecule has 1 aromatic carbocycles. The summed E-state index contributed by atoms with van der Waals surface area (Å²) >= 11 is 5.74. The van der Waals surface area contributed by atoms with Gasteiger partial charge in [-0.1, -0.05) is 29.8 Å². The highest BCUT2D eigenvalue weighted by Crippen LogP contribution is 2.26. The number of fused-ring (bicyclic) bond motifs is 1. The number of anilines is 1. The van der Waals surface area contributed by atoms with Crippen molar-refractivity contribution >= 4 is 29.2 Å². The summed E-state index contributed by atoms with van der Waals surface area (Å²) in [4.78, 5) is 29.8. The number of pyridine rings is 1. The second kappa shape index (κ2) is 6.79. The number of carbonyl (C=O) groups excluding carboxylic acids is 2. The molecule has 0 bridgehead atoms. The molecule has 0 unspecified atom stereocenters. The minimum Gasteiger partial charge on any atom is -0.452 e. The molecule has 1 aromatic heterocycles. The van der Waals surface area contributed by atoms with E-state index in [1.165, 1.54) is 18.3 Å². The van der Waals surface area contributed by atoms with Crippen LogP contribution >= 0.6 is 11.6 Å². The molecule has 0 saturated heterocycles. The van der Waals surface area contributed by atoms with Crippen molar-refractivity contribution in [3.8, 4) is 0 Å². The molecule has 1 aliphatic heterocycles. The van der Waals surface area contributed by atoms with Gasteiger partial charge < -0.3 is 9.64 Å². The van der Waals surface area contributed by atoms with Crippen molar-refractivity contribution in [2.75, 3.05) is 18.1 Å². The fourth-order valence-corrected chi connectivity index (χ4v) is 2.78. The van der Waals surface area contributed by atoms with E-state index in [9.17, 15) is 9.59 Å². The Morgan fingerprint density at radius 3 is 2.91 bits per heavy atom. The summed E-state index contributed by atoms with van der Waals surface area (Å²) in [5.74, 6) is -0.821. The monoisotopic (exact) mass is 330 g/mol. The molecule has 1 aliphatic rings. The minimum absolute atomic E-state index is 0.204. The Balaban J connectivity index is 1.65. The van der Waals surface area contributed by atoms with E-state index in [0.29, 0.717) is 6.54 Å². The fraction of sp³-hybridized carbons (Fsp3) is 0.235. The maximum atomic E-state index is 12.4. The molecule has 2 heterocycles. The molecule has 0 aliphatic carbocycles. The summed E-state index contributed by atoms with van der Waals surface area (Å²) in [6.45, 7) is 0.335. The number of esters is 1. The summed E-state index contributed by atoms with van der Waals surface area (Å²) in [5.41, 5.74) is 2.31. The number of para-hydroxylation sites is 1. The highest BCUT2D eigenvalue weighted by Gasteiger charge is 2.23. The smallest absolute Gasteiger partial charge is 0.338 e.